The molecule has 0 amide bonds. The van der Waals surface area contributed by atoms with E-state index in [-0.39, 0.29) is 25.1 Å². The summed E-state index contributed by atoms with van der Waals surface area (Å²) in [5, 5.41) is 10.8. The van der Waals surface area contributed by atoms with E-state index in [0.29, 0.717) is 12.1 Å². The Balaban J connectivity index is 2.67. The first-order valence-electron chi connectivity index (χ1n) is 5.13. The second-order valence-corrected chi connectivity index (χ2v) is 3.62. The molecule has 100 valence electrons. The molecular weight excluding hydrogens is 254 g/mol. The summed E-state index contributed by atoms with van der Waals surface area (Å²) in [6.45, 7) is 0.0878. The van der Waals surface area contributed by atoms with Crippen LogP contribution in [-0.2, 0) is 11.0 Å². The number of benzene rings is 1. The SMILES string of the molecule is O=C(O)CCCNc1cc(C(F)(F)F)ccc1F. The fourth-order valence-corrected chi connectivity index (χ4v) is 1.30. The zero-order valence-electron chi connectivity index (χ0n) is 9.22. The molecule has 18 heavy (non-hydrogen) atoms. The van der Waals surface area contributed by atoms with Crippen LogP contribution >= 0.6 is 0 Å². The third kappa shape index (κ3) is 4.23. The zero-order chi connectivity index (χ0) is 13.8. The van der Waals surface area contributed by atoms with Gasteiger partial charge in [-0.25, -0.2) is 4.39 Å². The minimum Gasteiger partial charge on any atom is -0.481 e. The van der Waals surface area contributed by atoms with Gasteiger partial charge in [0.25, 0.3) is 0 Å². The van der Waals surface area contributed by atoms with Gasteiger partial charge in [-0.3, -0.25) is 4.79 Å². The zero-order valence-corrected chi connectivity index (χ0v) is 9.22. The summed E-state index contributed by atoms with van der Waals surface area (Å²) in [6, 6.07) is 2.04. The molecule has 0 aliphatic heterocycles. The molecule has 0 atom stereocenters. The summed E-state index contributed by atoms with van der Waals surface area (Å²) in [5.74, 6) is -1.82. The van der Waals surface area contributed by atoms with Crippen LogP contribution in [0.3, 0.4) is 0 Å². The van der Waals surface area contributed by atoms with Crippen molar-refractivity contribution >= 4 is 11.7 Å². The van der Waals surface area contributed by atoms with Crippen LogP contribution < -0.4 is 5.32 Å². The maximum atomic E-state index is 13.2. The first-order chi connectivity index (χ1) is 8.30. The van der Waals surface area contributed by atoms with Crippen molar-refractivity contribution in [2.24, 2.45) is 0 Å². The second kappa shape index (κ2) is 5.70. The first-order valence-corrected chi connectivity index (χ1v) is 5.13. The van der Waals surface area contributed by atoms with Crippen molar-refractivity contribution in [2.45, 2.75) is 19.0 Å². The molecule has 1 aromatic rings. The molecule has 0 heterocycles. The van der Waals surface area contributed by atoms with Crippen molar-refractivity contribution in [1.82, 2.24) is 0 Å². The third-order valence-corrected chi connectivity index (χ3v) is 2.18. The normalized spacial score (nSPS) is 11.3. The van der Waals surface area contributed by atoms with Gasteiger partial charge in [0.1, 0.15) is 5.82 Å². The van der Waals surface area contributed by atoms with Crippen molar-refractivity contribution in [3.63, 3.8) is 0 Å². The lowest BCUT2D eigenvalue weighted by Crippen LogP contribution is -2.09. The van der Waals surface area contributed by atoms with Crippen molar-refractivity contribution in [1.29, 1.82) is 0 Å². The molecule has 7 heteroatoms. The summed E-state index contributed by atoms with van der Waals surface area (Å²) in [5.41, 5.74) is -1.24. The van der Waals surface area contributed by atoms with Gasteiger partial charge in [-0.15, -0.1) is 0 Å². The number of nitrogens with one attached hydrogen (secondary N) is 1. The fraction of sp³-hybridized carbons (Fsp3) is 0.364. The number of alkyl halides is 3. The highest BCUT2D eigenvalue weighted by molar-refractivity contribution is 5.66. The van der Waals surface area contributed by atoms with E-state index in [9.17, 15) is 22.4 Å². The summed E-state index contributed by atoms with van der Waals surface area (Å²) < 4.78 is 50.3. The predicted molar refractivity (Wildman–Crippen MR) is 56.8 cm³/mol. The number of aliphatic carboxylic acids is 1. The lowest BCUT2D eigenvalue weighted by atomic mass is 10.2. The summed E-state index contributed by atoms with van der Waals surface area (Å²) in [7, 11) is 0. The molecule has 0 radical (unpaired) electrons. The van der Waals surface area contributed by atoms with Crippen molar-refractivity contribution in [2.75, 3.05) is 11.9 Å². The molecular formula is C11H11F4NO2. The molecule has 0 aliphatic carbocycles. The van der Waals surface area contributed by atoms with Gasteiger partial charge in [0.05, 0.1) is 11.3 Å². The molecule has 0 unspecified atom stereocenters. The quantitative estimate of drug-likeness (QED) is 0.635. The summed E-state index contributed by atoms with van der Waals surface area (Å²) in [6.07, 6.45) is -4.47. The van der Waals surface area contributed by atoms with Crippen LogP contribution in [-0.4, -0.2) is 17.6 Å². The Kier molecular flexibility index (Phi) is 4.52. The Morgan fingerprint density at radius 2 is 2.00 bits per heavy atom. The number of hydrogen-bond acceptors (Lipinski definition) is 2. The van der Waals surface area contributed by atoms with E-state index in [2.05, 4.69) is 5.32 Å². The average molecular weight is 265 g/mol. The van der Waals surface area contributed by atoms with Crippen LogP contribution in [0.2, 0.25) is 0 Å². The van der Waals surface area contributed by atoms with E-state index in [1.807, 2.05) is 0 Å². The maximum Gasteiger partial charge on any atom is 0.416 e. The second-order valence-electron chi connectivity index (χ2n) is 3.62. The third-order valence-electron chi connectivity index (χ3n) is 2.18. The molecule has 0 saturated carbocycles. The van der Waals surface area contributed by atoms with Gasteiger partial charge in [0, 0.05) is 13.0 Å². The number of hydrogen-bond donors (Lipinski definition) is 2. The highest BCUT2D eigenvalue weighted by Gasteiger charge is 2.31. The van der Waals surface area contributed by atoms with E-state index in [1.165, 1.54) is 0 Å². The Hall–Kier alpha value is -1.79. The maximum absolute atomic E-state index is 13.2. The minimum absolute atomic E-state index is 0.0878. The fourth-order valence-electron chi connectivity index (χ4n) is 1.30. The molecule has 0 spiro atoms. The van der Waals surface area contributed by atoms with E-state index >= 15 is 0 Å². The van der Waals surface area contributed by atoms with Crippen LogP contribution in [0.5, 0.6) is 0 Å². The van der Waals surface area contributed by atoms with Crippen molar-refractivity contribution < 1.29 is 27.5 Å². The number of carbonyl (C=O) groups is 1. The number of carboxylic acids is 1. The molecule has 3 nitrogen and oxygen atoms in total. The predicted octanol–water partition coefficient (Wildman–Crippen LogP) is 3.12. The van der Waals surface area contributed by atoms with Crippen LogP contribution in [0.15, 0.2) is 18.2 Å². The topological polar surface area (TPSA) is 49.3 Å². The smallest absolute Gasteiger partial charge is 0.416 e. The van der Waals surface area contributed by atoms with E-state index in [1.54, 1.807) is 0 Å². The number of halogens is 4. The molecule has 0 aliphatic rings. The van der Waals surface area contributed by atoms with Crippen molar-refractivity contribution in [3.05, 3.63) is 29.6 Å². The Bertz CT molecular complexity index is 432. The molecule has 0 fully saturated rings. The van der Waals surface area contributed by atoms with Crippen LogP contribution in [0.25, 0.3) is 0 Å². The van der Waals surface area contributed by atoms with Gasteiger partial charge in [0.15, 0.2) is 0 Å². The molecule has 1 aromatic carbocycles. The Morgan fingerprint density at radius 3 is 2.56 bits per heavy atom. The molecule has 2 N–H and O–H groups in total. The van der Waals surface area contributed by atoms with Gasteiger partial charge in [0.2, 0.25) is 0 Å². The van der Waals surface area contributed by atoms with Crippen LogP contribution in [0.4, 0.5) is 23.2 Å². The minimum atomic E-state index is -4.54. The van der Waals surface area contributed by atoms with E-state index < -0.39 is 23.5 Å². The van der Waals surface area contributed by atoms with Crippen molar-refractivity contribution in [3.8, 4) is 0 Å². The highest BCUT2D eigenvalue weighted by Crippen LogP contribution is 2.31. The Labute approximate surface area is 100 Å². The van der Waals surface area contributed by atoms with Gasteiger partial charge >= 0.3 is 12.1 Å². The summed E-state index contributed by atoms with van der Waals surface area (Å²) >= 11 is 0. The largest absolute Gasteiger partial charge is 0.481 e. The molecule has 1 rings (SSSR count). The van der Waals surface area contributed by atoms with Crippen LogP contribution in [0.1, 0.15) is 18.4 Å². The first kappa shape index (κ1) is 14.3. The Morgan fingerprint density at radius 1 is 1.33 bits per heavy atom. The molecule has 0 bridgehead atoms. The average Bonchev–Trinajstić information content (AvgIpc) is 2.24. The lowest BCUT2D eigenvalue weighted by molar-refractivity contribution is -0.138. The standard InChI is InChI=1S/C11H11F4NO2/c12-8-4-3-7(11(13,14)15)6-9(8)16-5-1-2-10(17)18/h3-4,6,16H,1-2,5H2,(H,17,18). The van der Waals surface area contributed by atoms with Crippen LogP contribution in [0, 0.1) is 5.82 Å². The van der Waals surface area contributed by atoms with Gasteiger partial charge in [-0.1, -0.05) is 0 Å². The van der Waals surface area contributed by atoms with E-state index in [4.69, 9.17) is 5.11 Å². The number of carboxylic acid groups (broad SMARTS) is 1. The van der Waals surface area contributed by atoms with Gasteiger partial charge in [-0.05, 0) is 24.6 Å². The van der Waals surface area contributed by atoms with Gasteiger partial charge < -0.3 is 10.4 Å². The highest BCUT2D eigenvalue weighted by atomic mass is 19.4. The molecule has 0 saturated heterocycles. The molecule has 0 aromatic heterocycles. The van der Waals surface area contributed by atoms with E-state index in [0.717, 1.165) is 6.07 Å². The lowest BCUT2D eigenvalue weighted by Gasteiger charge is -2.11. The number of anilines is 1. The summed E-state index contributed by atoms with van der Waals surface area (Å²) in [4.78, 5) is 10.2. The number of rotatable bonds is 5. The monoisotopic (exact) mass is 265 g/mol. The van der Waals surface area contributed by atoms with Gasteiger partial charge in [-0.2, -0.15) is 13.2 Å².